The zero-order valence-corrected chi connectivity index (χ0v) is 9.92. The van der Waals surface area contributed by atoms with E-state index in [0.717, 1.165) is 30.5 Å². The number of aromatic amines is 2. The zero-order chi connectivity index (χ0) is 12.3. The van der Waals surface area contributed by atoms with Crippen LogP contribution in [0.1, 0.15) is 12.5 Å². The molecule has 0 aliphatic heterocycles. The maximum atomic E-state index is 11.1. The molecule has 2 aromatic rings. The fourth-order valence-corrected chi connectivity index (χ4v) is 1.80. The molecule has 1 unspecified atom stereocenters. The molecule has 5 N–H and O–H groups in total. The first-order valence-electron chi connectivity index (χ1n) is 5.82. The van der Waals surface area contributed by atoms with Gasteiger partial charge in [0.15, 0.2) is 0 Å². The Labute approximate surface area is 99.4 Å². The van der Waals surface area contributed by atoms with Crippen molar-refractivity contribution in [3.8, 4) is 0 Å². The van der Waals surface area contributed by atoms with Gasteiger partial charge in [0.1, 0.15) is 0 Å². The number of imidazole rings is 1. The summed E-state index contributed by atoms with van der Waals surface area (Å²) in [6.45, 7) is 3.69. The Bertz CT molecular complexity index is 541. The number of rotatable bonds is 5. The molecule has 0 fully saturated rings. The molecule has 1 atom stereocenters. The summed E-state index contributed by atoms with van der Waals surface area (Å²) in [5.41, 5.74) is 8.39. The van der Waals surface area contributed by atoms with Crippen LogP contribution in [0.3, 0.4) is 0 Å². The molecule has 0 saturated heterocycles. The number of hydrogen-bond donors (Lipinski definition) is 4. The number of H-pyrrole nitrogens is 2. The Kier molecular flexibility index (Phi) is 3.61. The van der Waals surface area contributed by atoms with E-state index in [4.69, 9.17) is 5.73 Å². The van der Waals surface area contributed by atoms with Crippen LogP contribution in [0.5, 0.6) is 0 Å². The Morgan fingerprint density at radius 2 is 2.12 bits per heavy atom. The number of nitrogens with one attached hydrogen (secondary N) is 3. The number of aromatic nitrogens is 2. The molecule has 1 aromatic heterocycles. The first-order valence-corrected chi connectivity index (χ1v) is 5.82. The van der Waals surface area contributed by atoms with Crippen molar-refractivity contribution in [2.24, 2.45) is 5.73 Å². The van der Waals surface area contributed by atoms with E-state index in [9.17, 15) is 4.79 Å². The molecular formula is C12H18N4O. The van der Waals surface area contributed by atoms with Crippen LogP contribution in [0, 0.1) is 0 Å². The average Bonchev–Trinajstić information content (AvgIpc) is 2.63. The van der Waals surface area contributed by atoms with Gasteiger partial charge in [-0.1, -0.05) is 6.07 Å². The van der Waals surface area contributed by atoms with Gasteiger partial charge in [-0.05, 0) is 37.6 Å². The van der Waals surface area contributed by atoms with Crippen LogP contribution in [0.15, 0.2) is 23.0 Å². The summed E-state index contributed by atoms with van der Waals surface area (Å²) in [7, 11) is 0. The molecule has 0 aliphatic rings. The number of fused-ring (bicyclic) bond motifs is 1. The number of hydrogen-bond acceptors (Lipinski definition) is 3. The highest BCUT2D eigenvalue weighted by atomic mass is 16.1. The lowest BCUT2D eigenvalue weighted by atomic mass is 10.1. The predicted molar refractivity (Wildman–Crippen MR) is 69.1 cm³/mol. The van der Waals surface area contributed by atoms with Crippen LogP contribution in [0.4, 0.5) is 0 Å². The van der Waals surface area contributed by atoms with Crippen LogP contribution < -0.4 is 16.7 Å². The molecule has 0 saturated carbocycles. The molecule has 92 valence electrons. The average molecular weight is 234 g/mol. The van der Waals surface area contributed by atoms with Crippen molar-refractivity contribution in [3.63, 3.8) is 0 Å². The fourth-order valence-electron chi connectivity index (χ4n) is 1.80. The SMILES string of the molecule is CC(N)CNCCc1ccc2[nH]c(=O)[nH]c2c1. The van der Waals surface area contributed by atoms with Gasteiger partial charge < -0.3 is 21.0 Å². The van der Waals surface area contributed by atoms with Gasteiger partial charge in [-0.15, -0.1) is 0 Å². The van der Waals surface area contributed by atoms with E-state index in [1.807, 2.05) is 25.1 Å². The maximum Gasteiger partial charge on any atom is 0.323 e. The lowest BCUT2D eigenvalue weighted by molar-refractivity contribution is 0.609. The zero-order valence-electron chi connectivity index (χ0n) is 9.92. The molecule has 5 heteroatoms. The number of nitrogens with two attached hydrogens (primary N) is 1. The summed E-state index contributed by atoms with van der Waals surface area (Å²) >= 11 is 0. The largest absolute Gasteiger partial charge is 0.327 e. The third-order valence-corrected chi connectivity index (χ3v) is 2.64. The van der Waals surface area contributed by atoms with Crippen LogP contribution in [0.25, 0.3) is 11.0 Å². The van der Waals surface area contributed by atoms with E-state index < -0.39 is 0 Å². The first kappa shape index (κ1) is 11.9. The third kappa shape index (κ3) is 3.18. The molecule has 0 bridgehead atoms. The Morgan fingerprint density at radius 3 is 2.88 bits per heavy atom. The summed E-state index contributed by atoms with van der Waals surface area (Å²) in [4.78, 5) is 16.6. The summed E-state index contributed by atoms with van der Waals surface area (Å²) in [5.74, 6) is 0. The molecule has 0 radical (unpaired) electrons. The third-order valence-electron chi connectivity index (χ3n) is 2.64. The van der Waals surface area contributed by atoms with Gasteiger partial charge in [-0.25, -0.2) is 4.79 Å². The lowest BCUT2D eigenvalue weighted by Gasteiger charge is -2.07. The van der Waals surface area contributed by atoms with Crippen molar-refractivity contribution in [3.05, 3.63) is 34.2 Å². The molecule has 0 aliphatic carbocycles. The van der Waals surface area contributed by atoms with Gasteiger partial charge in [-0.2, -0.15) is 0 Å². The number of benzene rings is 1. The highest BCUT2D eigenvalue weighted by molar-refractivity contribution is 5.74. The van der Waals surface area contributed by atoms with E-state index in [2.05, 4.69) is 15.3 Å². The second-order valence-corrected chi connectivity index (χ2v) is 4.39. The molecular weight excluding hydrogens is 216 g/mol. The fraction of sp³-hybridized carbons (Fsp3) is 0.417. The van der Waals surface area contributed by atoms with Crippen molar-refractivity contribution >= 4 is 11.0 Å². The van der Waals surface area contributed by atoms with E-state index in [1.165, 1.54) is 5.56 Å². The maximum absolute atomic E-state index is 11.1. The molecule has 17 heavy (non-hydrogen) atoms. The monoisotopic (exact) mass is 234 g/mol. The summed E-state index contributed by atoms with van der Waals surface area (Å²) < 4.78 is 0. The molecule has 0 amide bonds. The summed E-state index contributed by atoms with van der Waals surface area (Å²) in [6.07, 6.45) is 0.926. The standard InChI is InChI=1S/C12H18N4O/c1-8(13)7-14-5-4-9-2-3-10-11(6-9)16-12(17)15-10/h2-3,6,8,14H,4-5,7,13H2,1H3,(H2,15,16,17). The van der Waals surface area contributed by atoms with Gasteiger partial charge in [0, 0.05) is 12.6 Å². The minimum absolute atomic E-state index is 0.160. The normalized spacial score (nSPS) is 13.1. The minimum Gasteiger partial charge on any atom is -0.327 e. The smallest absolute Gasteiger partial charge is 0.323 e. The molecule has 0 spiro atoms. The van der Waals surface area contributed by atoms with Gasteiger partial charge in [0.2, 0.25) is 0 Å². The quantitative estimate of drug-likeness (QED) is 0.562. The summed E-state index contributed by atoms with van der Waals surface area (Å²) in [6, 6.07) is 6.13. The van der Waals surface area contributed by atoms with Crippen molar-refractivity contribution in [1.82, 2.24) is 15.3 Å². The minimum atomic E-state index is -0.160. The van der Waals surface area contributed by atoms with Crippen LogP contribution in [0.2, 0.25) is 0 Å². The van der Waals surface area contributed by atoms with E-state index in [0.29, 0.717) is 0 Å². The van der Waals surface area contributed by atoms with Crippen LogP contribution in [-0.4, -0.2) is 29.1 Å². The molecule has 2 rings (SSSR count). The Morgan fingerprint density at radius 1 is 1.35 bits per heavy atom. The van der Waals surface area contributed by atoms with Gasteiger partial charge in [0.25, 0.3) is 0 Å². The van der Waals surface area contributed by atoms with Gasteiger partial charge in [-0.3, -0.25) is 0 Å². The molecule has 5 nitrogen and oxygen atoms in total. The Balaban J connectivity index is 1.97. The topological polar surface area (TPSA) is 86.7 Å². The lowest BCUT2D eigenvalue weighted by Crippen LogP contribution is -2.32. The highest BCUT2D eigenvalue weighted by Crippen LogP contribution is 2.10. The summed E-state index contributed by atoms with van der Waals surface area (Å²) in [5, 5.41) is 3.28. The van der Waals surface area contributed by atoms with Crippen LogP contribution in [-0.2, 0) is 6.42 Å². The first-order chi connectivity index (χ1) is 8.15. The van der Waals surface area contributed by atoms with E-state index in [1.54, 1.807) is 0 Å². The van der Waals surface area contributed by atoms with Gasteiger partial charge in [0.05, 0.1) is 11.0 Å². The second kappa shape index (κ2) is 5.16. The molecule has 1 aromatic carbocycles. The van der Waals surface area contributed by atoms with Crippen molar-refractivity contribution in [1.29, 1.82) is 0 Å². The van der Waals surface area contributed by atoms with E-state index >= 15 is 0 Å². The molecule has 1 heterocycles. The second-order valence-electron chi connectivity index (χ2n) is 4.39. The van der Waals surface area contributed by atoms with E-state index in [-0.39, 0.29) is 11.7 Å². The van der Waals surface area contributed by atoms with Crippen molar-refractivity contribution in [2.75, 3.05) is 13.1 Å². The van der Waals surface area contributed by atoms with Gasteiger partial charge >= 0.3 is 5.69 Å². The van der Waals surface area contributed by atoms with Crippen LogP contribution >= 0.6 is 0 Å². The highest BCUT2D eigenvalue weighted by Gasteiger charge is 2.00. The Hall–Kier alpha value is -1.59. The van der Waals surface area contributed by atoms with Crippen molar-refractivity contribution in [2.45, 2.75) is 19.4 Å². The van der Waals surface area contributed by atoms with Crippen molar-refractivity contribution < 1.29 is 0 Å². The predicted octanol–water partition coefficient (Wildman–Crippen LogP) is 0.336.